The summed E-state index contributed by atoms with van der Waals surface area (Å²) in [6.45, 7) is 0.132. The van der Waals surface area contributed by atoms with Gasteiger partial charge in [0, 0.05) is 12.0 Å². The van der Waals surface area contributed by atoms with Crippen LogP contribution in [0.2, 0.25) is 0 Å². The molecule has 3 N–H and O–H groups in total. The van der Waals surface area contributed by atoms with Gasteiger partial charge in [0.15, 0.2) is 0 Å². The van der Waals surface area contributed by atoms with Crippen LogP contribution in [0, 0.1) is 5.92 Å². The van der Waals surface area contributed by atoms with E-state index in [0.29, 0.717) is 0 Å². The highest BCUT2D eigenvalue weighted by Crippen LogP contribution is 2.32. The van der Waals surface area contributed by atoms with Gasteiger partial charge in [-0.2, -0.15) is 0 Å². The Labute approximate surface area is 59.5 Å². The van der Waals surface area contributed by atoms with E-state index >= 15 is 0 Å². The summed E-state index contributed by atoms with van der Waals surface area (Å²) in [5.41, 5.74) is 5.74. The van der Waals surface area contributed by atoms with Crippen molar-refractivity contribution in [2.45, 2.75) is 18.2 Å². The molecule has 2 aliphatic heterocycles. The van der Waals surface area contributed by atoms with Crippen LogP contribution < -0.4 is 5.73 Å². The third-order valence-corrected chi connectivity index (χ3v) is 2.31. The van der Waals surface area contributed by atoms with E-state index in [4.69, 9.17) is 15.6 Å². The Morgan fingerprint density at radius 2 is 2.10 bits per heavy atom. The van der Waals surface area contributed by atoms with Crippen LogP contribution in [-0.4, -0.2) is 30.0 Å². The molecule has 0 aromatic carbocycles. The van der Waals surface area contributed by atoms with Crippen molar-refractivity contribution in [3.8, 4) is 0 Å². The summed E-state index contributed by atoms with van der Waals surface area (Å²) >= 11 is 0. The molecule has 0 aromatic rings. The quantitative estimate of drug-likeness (QED) is 0.473. The van der Waals surface area contributed by atoms with Gasteiger partial charge in [-0.05, 0) is 0 Å². The molecule has 4 atom stereocenters. The van der Waals surface area contributed by atoms with Crippen LogP contribution in [-0.2, 0) is 4.74 Å². The first-order valence-electron chi connectivity index (χ1n) is 3.53. The third kappa shape index (κ3) is 0.653. The van der Waals surface area contributed by atoms with Crippen molar-refractivity contribution in [1.82, 2.24) is 0 Å². The summed E-state index contributed by atoms with van der Waals surface area (Å²) < 4.78 is 5.39. The Morgan fingerprint density at radius 1 is 1.40 bits per heavy atom. The first-order chi connectivity index (χ1) is 4.83. The van der Waals surface area contributed by atoms with Gasteiger partial charge in [-0.3, -0.25) is 0 Å². The lowest BCUT2D eigenvalue weighted by Crippen LogP contribution is -2.39. The molecule has 2 rings (SSSR count). The van der Waals surface area contributed by atoms with Gasteiger partial charge in [-0.15, -0.1) is 0 Å². The maximum Gasteiger partial charge on any atom is 0.0920 e. The summed E-state index contributed by atoms with van der Waals surface area (Å²) in [4.78, 5) is 0. The van der Waals surface area contributed by atoms with Gasteiger partial charge >= 0.3 is 0 Å². The summed E-state index contributed by atoms with van der Waals surface area (Å²) in [6, 6.07) is -0.000000000000000222. The minimum Gasteiger partial charge on any atom is -0.396 e. The molecule has 0 spiro atoms. The first kappa shape index (κ1) is 6.34. The van der Waals surface area contributed by atoms with Crippen LogP contribution in [0.3, 0.4) is 0 Å². The van der Waals surface area contributed by atoms with Crippen molar-refractivity contribution >= 4 is 0 Å². The minimum atomic E-state index is -0.000000000000000222. The van der Waals surface area contributed by atoms with Crippen LogP contribution in [0.5, 0.6) is 0 Å². The predicted octanol–water partition coefficient (Wildman–Crippen LogP) is -0.741. The first-order valence-corrected chi connectivity index (χ1v) is 3.53. The fraction of sp³-hybridized carbons (Fsp3) is 0.714. The Morgan fingerprint density at radius 3 is 2.50 bits per heavy atom. The topological polar surface area (TPSA) is 55.5 Å². The highest BCUT2D eigenvalue weighted by atomic mass is 16.5. The number of nitrogens with two attached hydrogens (primary N) is 1. The molecule has 0 saturated carbocycles. The Hall–Kier alpha value is -0.380. The molecule has 1 saturated heterocycles. The number of aliphatic hydroxyl groups excluding tert-OH is 1. The molecular weight excluding hydrogens is 130 g/mol. The Kier molecular flexibility index (Phi) is 1.30. The van der Waals surface area contributed by atoms with Crippen LogP contribution in [0.25, 0.3) is 0 Å². The molecule has 0 aliphatic carbocycles. The molecule has 10 heavy (non-hydrogen) atoms. The van der Waals surface area contributed by atoms with E-state index in [1.807, 2.05) is 12.2 Å². The molecule has 2 aliphatic rings. The number of hydrogen-bond donors (Lipinski definition) is 2. The SMILES string of the molecule is N[C@H]1C2C=CC(O2)[C@H]1CO. The molecule has 2 unspecified atom stereocenters. The maximum atomic E-state index is 8.86. The normalized spacial score (nSPS) is 50.6. The second kappa shape index (κ2) is 2.05. The Balaban J connectivity index is 2.18. The van der Waals surface area contributed by atoms with E-state index in [-0.39, 0.29) is 30.8 Å². The minimum absolute atomic E-state index is 0.000000000000000222. The van der Waals surface area contributed by atoms with Crippen molar-refractivity contribution in [3.63, 3.8) is 0 Å². The molecule has 56 valence electrons. The van der Waals surface area contributed by atoms with Crippen molar-refractivity contribution in [1.29, 1.82) is 0 Å². The van der Waals surface area contributed by atoms with Crippen molar-refractivity contribution in [2.24, 2.45) is 11.7 Å². The molecular formula is C7H11NO2. The number of aliphatic hydroxyl groups is 1. The number of fused-ring (bicyclic) bond motifs is 2. The average molecular weight is 141 g/mol. The third-order valence-electron chi connectivity index (χ3n) is 2.31. The van der Waals surface area contributed by atoms with Gasteiger partial charge in [0.1, 0.15) is 0 Å². The van der Waals surface area contributed by atoms with Crippen LogP contribution >= 0.6 is 0 Å². The van der Waals surface area contributed by atoms with Gasteiger partial charge in [0.05, 0.1) is 18.8 Å². The largest absolute Gasteiger partial charge is 0.396 e. The Bertz CT molecular complexity index is 169. The second-order valence-corrected chi connectivity index (χ2v) is 2.87. The summed E-state index contributed by atoms with van der Waals surface area (Å²) in [6.07, 6.45) is 4.09. The van der Waals surface area contributed by atoms with Crippen LogP contribution in [0.4, 0.5) is 0 Å². The molecule has 1 fully saturated rings. The second-order valence-electron chi connectivity index (χ2n) is 2.87. The van der Waals surface area contributed by atoms with Gasteiger partial charge in [-0.1, -0.05) is 12.2 Å². The van der Waals surface area contributed by atoms with Gasteiger partial charge < -0.3 is 15.6 Å². The fourth-order valence-corrected chi connectivity index (χ4v) is 1.64. The molecule has 2 heterocycles. The van der Waals surface area contributed by atoms with Crippen molar-refractivity contribution in [2.75, 3.05) is 6.61 Å². The van der Waals surface area contributed by atoms with E-state index in [1.54, 1.807) is 0 Å². The monoisotopic (exact) mass is 141 g/mol. The lowest BCUT2D eigenvalue weighted by Gasteiger charge is -2.18. The molecule has 2 bridgehead atoms. The fourth-order valence-electron chi connectivity index (χ4n) is 1.64. The van der Waals surface area contributed by atoms with Crippen molar-refractivity contribution in [3.05, 3.63) is 12.2 Å². The average Bonchev–Trinajstić information content (AvgIpc) is 2.46. The molecule has 0 amide bonds. The summed E-state index contributed by atoms with van der Waals surface area (Å²) in [5.74, 6) is 0.120. The number of ether oxygens (including phenoxy) is 1. The lowest BCUT2D eigenvalue weighted by atomic mass is 9.91. The van der Waals surface area contributed by atoms with E-state index in [1.165, 1.54) is 0 Å². The number of rotatable bonds is 1. The van der Waals surface area contributed by atoms with Gasteiger partial charge in [-0.25, -0.2) is 0 Å². The van der Waals surface area contributed by atoms with Gasteiger partial charge in [0.25, 0.3) is 0 Å². The van der Waals surface area contributed by atoms with E-state index in [2.05, 4.69) is 0 Å². The predicted molar refractivity (Wildman–Crippen MR) is 36.4 cm³/mol. The zero-order valence-corrected chi connectivity index (χ0v) is 5.60. The van der Waals surface area contributed by atoms with E-state index in [9.17, 15) is 0 Å². The van der Waals surface area contributed by atoms with E-state index in [0.717, 1.165) is 0 Å². The molecule has 0 aromatic heterocycles. The summed E-state index contributed by atoms with van der Waals surface area (Å²) in [5, 5.41) is 8.86. The highest BCUT2D eigenvalue weighted by molar-refractivity contribution is 5.16. The molecule has 0 radical (unpaired) electrons. The molecule has 3 nitrogen and oxygen atoms in total. The highest BCUT2D eigenvalue weighted by Gasteiger charge is 2.43. The molecule has 3 heteroatoms. The summed E-state index contributed by atoms with van der Waals surface area (Å²) in [7, 11) is 0. The van der Waals surface area contributed by atoms with Crippen LogP contribution in [0.1, 0.15) is 0 Å². The maximum absolute atomic E-state index is 8.86. The lowest BCUT2D eigenvalue weighted by molar-refractivity contribution is 0.0946. The number of hydrogen-bond acceptors (Lipinski definition) is 3. The zero-order chi connectivity index (χ0) is 7.14. The smallest absolute Gasteiger partial charge is 0.0920 e. The zero-order valence-electron chi connectivity index (χ0n) is 5.60. The standard InChI is InChI=1S/C7H11NO2/c8-7-4(3-9)5-1-2-6(7)10-5/h1-2,4-7,9H,3,8H2/t4-,5?,6?,7-/m1/s1. The van der Waals surface area contributed by atoms with E-state index < -0.39 is 0 Å². The van der Waals surface area contributed by atoms with Crippen molar-refractivity contribution < 1.29 is 9.84 Å². The van der Waals surface area contributed by atoms with Crippen LogP contribution in [0.15, 0.2) is 12.2 Å². The van der Waals surface area contributed by atoms with Gasteiger partial charge in [0.2, 0.25) is 0 Å².